The number of nitrogens with one attached hydrogen (secondary N) is 2. The van der Waals surface area contributed by atoms with Gasteiger partial charge in [-0.3, -0.25) is 4.72 Å². The van der Waals surface area contributed by atoms with E-state index in [4.69, 9.17) is 17.4 Å². The number of anilines is 2. The van der Waals surface area contributed by atoms with Crippen LogP contribution in [0, 0.1) is 6.92 Å². The summed E-state index contributed by atoms with van der Waals surface area (Å²) in [7, 11) is -3.80. The predicted octanol–water partition coefficient (Wildman–Crippen LogP) is 1.52. The van der Waals surface area contributed by atoms with E-state index >= 15 is 0 Å². The maximum absolute atomic E-state index is 12.1. The molecule has 2 rings (SSSR count). The Morgan fingerprint density at radius 1 is 1.25 bits per heavy atom. The summed E-state index contributed by atoms with van der Waals surface area (Å²) in [4.78, 5) is 7.70. The van der Waals surface area contributed by atoms with Gasteiger partial charge < -0.3 is 5.43 Å². The SMILES string of the molecule is Cc1ccc(NS(=O)(=O)c2cnc(NN)c(Cl)c2)nc1. The third-order valence-electron chi connectivity index (χ3n) is 2.41. The number of nitrogens with two attached hydrogens (primary N) is 1. The highest BCUT2D eigenvalue weighted by Gasteiger charge is 2.17. The van der Waals surface area contributed by atoms with Gasteiger partial charge in [0.15, 0.2) is 5.82 Å². The molecular formula is C11H12ClN5O2S. The first-order valence-corrected chi connectivity index (χ1v) is 7.36. The van der Waals surface area contributed by atoms with Gasteiger partial charge in [-0.05, 0) is 24.6 Å². The Morgan fingerprint density at radius 2 is 2.00 bits per heavy atom. The largest absolute Gasteiger partial charge is 0.307 e. The van der Waals surface area contributed by atoms with E-state index in [0.29, 0.717) is 0 Å². The van der Waals surface area contributed by atoms with E-state index in [2.05, 4.69) is 20.1 Å². The van der Waals surface area contributed by atoms with Gasteiger partial charge >= 0.3 is 0 Å². The number of nitrogens with zero attached hydrogens (tertiary/aromatic N) is 2. The average Bonchev–Trinajstić information content (AvgIpc) is 2.41. The number of hydrazine groups is 1. The molecule has 0 atom stereocenters. The first-order chi connectivity index (χ1) is 9.42. The number of rotatable bonds is 4. The van der Waals surface area contributed by atoms with Gasteiger partial charge in [0.05, 0.1) is 5.02 Å². The zero-order valence-corrected chi connectivity index (χ0v) is 12.0. The van der Waals surface area contributed by atoms with Crippen molar-refractivity contribution in [1.29, 1.82) is 0 Å². The number of hydrogen-bond acceptors (Lipinski definition) is 6. The van der Waals surface area contributed by atoms with Crippen molar-refractivity contribution in [3.63, 3.8) is 0 Å². The van der Waals surface area contributed by atoms with Crippen LogP contribution >= 0.6 is 11.6 Å². The highest BCUT2D eigenvalue weighted by atomic mass is 35.5. The Kier molecular flexibility index (Phi) is 4.07. The van der Waals surface area contributed by atoms with Gasteiger partial charge in [-0.1, -0.05) is 17.7 Å². The minimum Gasteiger partial charge on any atom is -0.307 e. The topological polar surface area (TPSA) is 110 Å². The van der Waals surface area contributed by atoms with Crippen LogP contribution < -0.4 is 16.0 Å². The summed E-state index contributed by atoms with van der Waals surface area (Å²) in [5.41, 5.74) is 3.19. The molecule has 7 nitrogen and oxygen atoms in total. The summed E-state index contributed by atoms with van der Waals surface area (Å²) in [6.45, 7) is 1.85. The number of halogens is 1. The van der Waals surface area contributed by atoms with Crippen LogP contribution in [0.5, 0.6) is 0 Å². The molecule has 0 aromatic carbocycles. The number of sulfonamides is 1. The molecule has 0 aliphatic carbocycles. The molecule has 0 radical (unpaired) electrons. The first-order valence-electron chi connectivity index (χ1n) is 5.50. The van der Waals surface area contributed by atoms with Crippen LogP contribution in [0.2, 0.25) is 5.02 Å². The van der Waals surface area contributed by atoms with Gasteiger partial charge in [0.2, 0.25) is 0 Å². The Hall–Kier alpha value is -1.90. The lowest BCUT2D eigenvalue weighted by molar-refractivity contribution is 0.600. The minimum absolute atomic E-state index is 0.0797. The molecule has 0 aliphatic rings. The van der Waals surface area contributed by atoms with E-state index in [0.717, 1.165) is 11.8 Å². The predicted molar refractivity (Wildman–Crippen MR) is 76.8 cm³/mol. The fraction of sp³-hybridized carbons (Fsp3) is 0.0909. The highest BCUT2D eigenvalue weighted by Crippen LogP contribution is 2.22. The van der Waals surface area contributed by atoms with Gasteiger partial charge in [-0.2, -0.15) is 0 Å². The standard InChI is InChI=1S/C11H12ClN5O2S/c1-7-2-3-10(14-5-7)17-20(18,19)8-4-9(12)11(16-13)15-6-8/h2-6H,13H2,1H3,(H,14,17)(H,15,16). The first kappa shape index (κ1) is 14.5. The molecule has 0 unspecified atom stereocenters. The molecule has 20 heavy (non-hydrogen) atoms. The summed E-state index contributed by atoms with van der Waals surface area (Å²) < 4.78 is 26.6. The molecule has 0 saturated heterocycles. The van der Waals surface area contributed by atoms with Crippen LogP contribution in [0.15, 0.2) is 35.5 Å². The molecule has 9 heteroatoms. The van der Waals surface area contributed by atoms with Crippen molar-refractivity contribution in [1.82, 2.24) is 9.97 Å². The van der Waals surface area contributed by atoms with Crippen molar-refractivity contribution in [2.24, 2.45) is 5.84 Å². The van der Waals surface area contributed by atoms with Crippen LogP contribution in [0.25, 0.3) is 0 Å². The van der Waals surface area contributed by atoms with E-state index in [1.54, 1.807) is 18.3 Å². The smallest absolute Gasteiger partial charge is 0.264 e. The normalized spacial score (nSPS) is 11.2. The Bertz CT molecular complexity index is 718. The zero-order chi connectivity index (χ0) is 14.8. The van der Waals surface area contributed by atoms with Gasteiger partial charge in [-0.25, -0.2) is 24.2 Å². The van der Waals surface area contributed by atoms with Crippen molar-refractivity contribution in [2.75, 3.05) is 10.1 Å². The molecule has 0 fully saturated rings. The Labute approximate surface area is 121 Å². The third kappa shape index (κ3) is 3.16. The number of aromatic nitrogens is 2. The van der Waals surface area contributed by atoms with Gasteiger partial charge in [0.25, 0.3) is 10.0 Å². The number of nitrogen functional groups attached to an aromatic ring is 1. The van der Waals surface area contributed by atoms with E-state index < -0.39 is 10.0 Å². The molecule has 0 spiro atoms. The lowest BCUT2D eigenvalue weighted by Gasteiger charge is -2.08. The maximum Gasteiger partial charge on any atom is 0.264 e. The van der Waals surface area contributed by atoms with Crippen molar-refractivity contribution in [2.45, 2.75) is 11.8 Å². The van der Waals surface area contributed by atoms with Crippen LogP contribution in [-0.4, -0.2) is 18.4 Å². The lowest BCUT2D eigenvalue weighted by Crippen LogP contribution is -2.15. The van der Waals surface area contributed by atoms with Gasteiger partial charge in [-0.15, -0.1) is 0 Å². The minimum atomic E-state index is -3.80. The lowest BCUT2D eigenvalue weighted by atomic mass is 10.3. The number of hydrogen-bond donors (Lipinski definition) is 3. The van der Waals surface area contributed by atoms with Gasteiger partial charge in [0.1, 0.15) is 10.7 Å². The quantitative estimate of drug-likeness (QED) is 0.583. The average molecular weight is 314 g/mol. The monoisotopic (exact) mass is 313 g/mol. The molecule has 0 saturated carbocycles. The van der Waals surface area contributed by atoms with Crippen LogP contribution in [-0.2, 0) is 10.0 Å². The molecule has 2 aromatic heterocycles. The fourth-order valence-corrected chi connectivity index (χ4v) is 2.66. The summed E-state index contributed by atoms with van der Waals surface area (Å²) in [5.74, 6) is 5.58. The second-order valence-corrected chi connectivity index (χ2v) is 6.06. The molecule has 106 valence electrons. The summed E-state index contributed by atoms with van der Waals surface area (Å²) in [6, 6.07) is 4.57. The van der Waals surface area contributed by atoms with Gasteiger partial charge in [0, 0.05) is 12.4 Å². The second kappa shape index (κ2) is 5.61. The van der Waals surface area contributed by atoms with E-state index in [1.807, 2.05) is 6.92 Å². The maximum atomic E-state index is 12.1. The molecular weight excluding hydrogens is 302 g/mol. The Balaban J connectivity index is 2.30. The van der Waals surface area contributed by atoms with Crippen LogP contribution in [0.3, 0.4) is 0 Å². The fourth-order valence-electron chi connectivity index (χ4n) is 1.40. The van der Waals surface area contributed by atoms with Crippen molar-refractivity contribution in [3.05, 3.63) is 41.2 Å². The van der Waals surface area contributed by atoms with Crippen LogP contribution in [0.4, 0.5) is 11.6 Å². The van der Waals surface area contributed by atoms with E-state index in [-0.39, 0.29) is 21.6 Å². The molecule has 0 amide bonds. The summed E-state index contributed by atoms with van der Waals surface area (Å²) in [5, 5.41) is 0.104. The number of pyridine rings is 2. The second-order valence-electron chi connectivity index (χ2n) is 3.97. The summed E-state index contributed by atoms with van der Waals surface area (Å²) in [6.07, 6.45) is 2.71. The highest BCUT2D eigenvalue weighted by molar-refractivity contribution is 7.92. The molecule has 0 aliphatic heterocycles. The zero-order valence-electron chi connectivity index (χ0n) is 10.5. The van der Waals surface area contributed by atoms with Crippen molar-refractivity contribution >= 4 is 33.3 Å². The van der Waals surface area contributed by atoms with Crippen molar-refractivity contribution in [3.8, 4) is 0 Å². The molecule has 2 heterocycles. The van der Waals surface area contributed by atoms with Crippen LogP contribution in [0.1, 0.15) is 5.56 Å². The Morgan fingerprint density at radius 3 is 2.55 bits per heavy atom. The summed E-state index contributed by atoms with van der Waals surface area (Å²) >= 11 is 5.85. The molecule has 0 bridgehead atoms. The van der Waals surface area contributed by atoms with E-state index in [9.17, 15) is 8.42 Å². The molecule has 2 aromatic rings. The van der Waals surface area contributed by atoms with Crippen molar-refractivity contribution < 1.29 is 8.42 Å². The third-order valence-corrected chi connectivity index (χ3v) is 4.02. The number of aryl methyl sites for hydroxylation is 1. The van der Waals surface area contributed by atoms with E-state index in [1.165, 1.54) is 6.07 Å². The molecule has 4 N–H and O–H groups in total.